The van der Waals surface area contributed by atoms with Crippen LogP contribution in [0.5, 0.6) is 0 Å². The van der Waals surface area contributed by atoms with Crippen molar-refractivity contribution < 1.29 is 4.39 Å². The predicted octanol–water partition coefficient (Wildman–Crippen LogP) is 1.90. The van der Waals surface area contributed by atoms with Gasteiger partial charge in [0, 0.05) is 56.5 Å². The molecule has 0 bridgehead atoms. The maximum Gasteiger partial charge on any atom is 0.344 e. The van der Waals surface area contributed by atoms with Gasteiger partial charge in [0.1, 0.15) is 12.4 Å². The molecule has 0 atom stereocenters. The van der Waals surface area contributed by atoms with Crippen molar-refractivity contribution in [1.29, 1.82) is 5.26 Å². The van der Waals surface area contributed by atoms with Gasteiger partial charge in [0.2, 0.25) is 0 Å². The van der Waals surface area contributed by atoms with Crippen molar-refractivity contribution in [2.45, 2.75) is 18.5 Å². The topological polar surface area (TPSA) is 103 Å². The molecule has 3 aromatic rings. The van der Waals surface area contributed by atoms with Crippen LogP contribution in [0.25, 0.3) is 11.1 Å². The van der Waals surface area contributed by atoms with Crippen molar-refractivity contribution in [1.82, 2.24) is 24.7 Å². The fourth-order valence-corrected chi connectivity index (χ4v) is 3.69. The smallest absolute Gasteiger partial charge is 0.344 e. The lowest BCUT2D eigenvalue weighted by Crippen LogP contribution is -2.42. The number of benzene rings is 1. The van der Waals surface area contributed by atoms with Crippen LogP contribution in [0.2, 0.25) is 0 Å². The summed E-state index contributed by atoms with van der Waals surface area (Å²) in [7, 11) is 1.73. The average Bonchev–Trinajstić information content (AvgIpc) is 3.15. The number of hydrogen-bond donors (Lipinski definition) is 1. The lowest BCUT2D eigenvalue weighted by molar-refractivity contribution is 0.109. The molecule has 1 aliphatic rings. The summed E-state index contributed by atoms with van der Waals surface area (Å²) in [6, 6.07) is 7.60. The number of aryl methyl sites for hydroxylation is 1. The van der Waals surface area contributed by atoms with Crippen molar-refractivity contribution in [3.05, 3.63) is 58.8 Å². The second-order valence-corrected chi connectivity index (χ2v) is 6.84. The molecule has 1 saturated heterocycles. The fourth-order valence-electron chi connectivity index (χ4n) is 3.69. The molecule has 142 valence electrons. The molecule has 0 amide bonds. The van der Waals surface area contributed by atoms with E-state index in [2.05, 4.69) is 26.2 Å². The lowest BCUT2D eigenvalue weighted by Gasteiger charge is -2.38. The van der Waals surface area contributed by atoms with Crippen LogP contribution in [0.3, 0.4) is 0 Å². The summed E-state index contributed by atoms with van der Waals surface area (Å²) in [6.07, 6.45) is 5.01. The monoisotopic (exact) mass is 379 g/mol. The van der Waals surface area contributed by atoms with E-state index in [0.717, 1.165) is 11.3 Å². The number of halogens is 1. The minimum atomic E-state index is -1.55. The number of para-hydroxylation sites is 1. The fraction of sp³-hybridized carbons (Fsp3) is 0.316. The quantitative estimate of drug-likeness (QED) is 0.745. The SMILES string of the molecule is Cn1cnnc1C1(F)CCN(c2c(C#N)cccc2-c2cnc(=O)[nH]c2)CC1. The zero-order valence-corrected chi connectivity index (χ0v) is 15.3. The number of anilines is 1. The highest BCUT2D eigenvalue weighted by molar-refractivity contribution is 5.82. The molecule has 0 saturated carbocycles. The zero-order valence-electron chi connectivity index (χ0n) is 15.3. The molecule has 9 heteroatoms. The summed E-state index contributed by atoms with van der Waals surface area (Å²) < 4.78 is 17.1. The standard InChI is InChI=1S/C19H18FN7O/c1-26-12-24-25-17(26)19(20)5-7-27(8-6-19)16-13(9-21)3-2-4-15(16)14-10-22-18(28)23-11-14/h2-4,10-12H,5-8H2,1H3,(H,22,23,28). The molecule has 28 heavy (non-hydrogen) atoms. The maximum absolute atomic E-state index is 15.5. The van der Waals surface area contributed by atoms with Gasteiger partial charge in [-0.15, -0.1) is 10.2 Å². The Labute approximate surface area is 160 Å². The molecule has 1 aliphatic heterocycles. The van der Waals surface area contributed by atoms with Gasteiger partial charge in [-0.1, -0.05) is 12.1 Å². The highest BCUT2D eigenvalue weighted by Gasteiger charge is 2.40. The Balaban J connectivity index is 1.69. The first-order chi connectivity index (χ1) is 13.5. The molecule has 0 spiro atoms. The Kier molecular flexibility index (Phi) is 4.39. The van der Waals surface area contributed by atoms with E-state index in [1.165, 1.54) is 12.5 Å². The number of piperidine rings is 1. The van der Waals surface area contributed by atoms with Gasteiger partial charge in [0.05, 0.1) is 11.3 Å². The van der Waals surface area contributed by atoms with Gasteiger partial charge in [-0.05, 0) is 6.07 Å². The summed E-state index contributed by atoms with van der Waals surface area (Å²) in [6.45, 7) is 0.845. The number of nitriles is 1. The first-order valence-corrected chi connectivity index (χ1v) is 8.88. The maximum atomic E-state index is 15.5. The van der Waals surface area contributed by atoms with E-state index in [9.17, 15) is 10.1 Å². The number of aromatic nitrogens is 5. The van der Waals surface area contributed by atoms with Gasteiger partial charge in [-0.2, -0.15) is 5.26 Å². The van der Waals surface area contributed by atoms with Gasteiger partial charge in [-0.3, -0.25) is 0 Å². The largest absolute Gasteiger partial charge is 0.370 e. The third kappa shape index (κ3) is 3.03. The van der Waals surface area contributed by atoms with E-state index in [-0.39, 0.29) is 12.8 Å². The molecule has 1 aromatic carbocycles. The number of alkyl halides is 1. The minimum Gasteiger partial charge on any atom is -0.370 e. The minimum absolute atomic E-state index is 0.239. The number of H-pyrrole nitrogens is 1. The molecule has 2 aromatic heterocycles. The number of rotatable bonds is 3. The summed E-state index contributed by atoms with van der Waals surface area (Å²) in [5.41, 5.74) is 0.686. The van der Waals surface area contributed by atoms with E-state index < -0.39 is 11.4 Å². The number of aromatic amines is 1. The highest BCUT2D eigenvalue weighted by atomic mass is 19.1. The first-order valence-electron chi connectivity index (χ1n) is 8.88. The molecule has 3 heterocycles. The van der Waals surface area contributed by atoms with Crippen molar-refractivity contribution >= 4 is 5.69 Å². The Hall–Kier alpha value is -3.54. The van der Waals surface area contributed by atoms with Crippen LogP contribution < -0.4 is 10.6 Å². The van der Waals surface area contributed by atoms with E-state index in [1.807, 2.05) is 11.0 Å². The molecule has 0 aliphatic carbocycles. The molecule has 1 fully saturated rings. The summed E-state index contributed by atoms with van der Waals surface area (Å²) >= 11 is 0. The summed E-state index contributed by atoms with van der Waals surface area (Å²) in [5, 5.41) is 17.3. The van der Waals surface area contributed by atoms with Crippen molar-refractivity contribution in [3.8, 4) is 17.2 Å². The molecular formula is C19H18FN7O. The second-order valence-electron chi connectivity index (χ2n) is 6.84. The van der Waals surface area contributed by atoms with Crippen LogP contribution in [0.15, 0.2) is 41.7 Å². The molecule has 0 radical (unpaired) electrons. The van der Waals surface area contributed by atoms with Crippen LogP contribution in [-0.2, 0) is 12.7 Å². The highest BCUT2D eigenvalue weighted by Crippen LogP contribution is 2.40. The van der Waals surface area contributed by atoms with Crippen LogP contribution in [-0.4, -0.2) is 37.8 Å². The molecule has 1 N–H and O–H groups in total. The van der Waals surface area contributed by atoms with Gasteiger partial charge in [-0.25, -0.2) is 14.2 Å². The van der Waals surface area contributed by atoms with E-state index >= 15 is 4.39 Å². The van der Waals surface area contributed by atoms with Crippen molar-refractivity contribution in [2.24, 2.45) is 7.05 Å². The third-order valence-corrected chi connectivity index (χ3v) is 5.12. The van der Waals surface area contributed by atoms with Crippen LogP contribution in [0.4, 0.5) is 10.1 Å². The third-order valence-electron chi connectivity index (χ3n) is 5.12. The first kappa shape index (κ1) is 17.9. The average molecular weight is 379 g/mol. The molecule has 0 unspecified atom stereocenters. The van der Waals surface area contributed by atoms with Gasteiger partial charge in [0.25, 0.3) is 0 Å². The molecular weight excluding hydrogens is 361 g/mol. The zero-order chi connectivity index (χ0) is 19.7. The second kappa shape index (κ2) is 6.88. The Bertz CT molecular complexity index is 1090. The van der Waals surface area contributed by atoms with Gasteiger partial charge >= 0.3 is 5.69 Å². The molecule has 8 nitrogen and oxygen atoms in total. The number of nitrogens with zero attached hydrogens (tertiary/aromatic N) is 6. The molecule has 4 rings (SSSR count). The van der Waals surface area contributed by atoms with Gasteiger partial charge in [0.15, 0.2) is 11.5 Å². The number of hydrogen-bond acceptors (Lipinski definition) is 6. The lowest BCUT2D eigenvalue weighted by atomic mass is 9.90. The van der Waals surface area contributed by atoms with Crippen molar-refractivity contribution in [3.63, 3.8) is 0 Å². The van der Waals surface area contributed by atoms with E-state index in [4.69, 9.17) is 0 Å². The van der Waals surface area contributed by atoms with Crippen LogP contribution in [0.1, 0.15) is 24.2 Å². The Morgan fingerprint density at radius 2 is 2.11 bits per heavy atom. The van der Waals surface area contributed by atoms with E-state index in [0.29, 0.717) is 30.0 Å². The predicted molar refractivity (Wildman–Crippen MR) is 100 cm³/mol. The van der Waals surface area contributed by atoms with Crippen LogP contribution in [0, 0.1) is 11.3 Å². The van der Waals surface area contributed by atoms with Gasteiger partial charge < -0.3 is 14.5 Å². The Morgan fingerprint density at radius 1 is 1.32 bits per heavy atom. The van der Waals surface area contributed by atoms with Crippen LogP contribution >= 0.6 is 0 Å². The number of nitrogens with one attached hydrogen (secondary N) is 1. The van der Waals surface area contributed by atoms with Crippen molar-refractivity contribution in [2.75, 3.05) is 18.0 Å². The summed E-state index contributed by atoms with van der Waals surface area (Å²) in [5.74, 6) is 0.325. The normalized spacial score (nSPS) is 16.0. The van der Waals surface area contributed by atoms with E-state index in [1.54, 1.807) is 29.9 Å². The summed E-state index contributed by atoms with van der Waals surface area (Å²) in [4.78, 5) is 19.6. The Morgan fingerprint density at radius 3 is 2.71 bits per heavy atom.